The van der Waals surface area contributed by atoms with E-state index in [1.807, 2.05) is 19.1 Å². The second-order valence-electron chi connectivity index (χ2n) is 10.9. The lowest BCUT2D eigenvalue weighted by molar-refractivity contribution is -0.120. The fourth-order valence-electron chi connectivity index (χ4n) is 4.53. The van der Waals surface area contributed by atoms with Gasteiger partial charge in [-0.15, -0.1) is 0 Å². The monoisotopic (exact) mass is 529 g/mol. The van der Waals surface area contributed by atoms with Crippen molar-refractivity contribution >= 4 is 48.5 Å². The van der Waals surface area contributed by atoms with E-state index in [4.69, 9.17) is 0 Å². The topological polar surface area (TPSA) is 125 Å². The van der Waals surface area contributed by atoms with Gasteiger partial charge in [-0.2, -0.15) is 4.36 Å². The van der Waals surface area contributed by atoms with E-state index in [-0.39, 0.29) is 38.9 Å². The SMILES string of the molecule is CC(C)(C)CC[C@@]1(C)C(=O)C(C2=Nc3ccc(NS(C)(=O)=O)cc3[S@@](C)(=O)=N2)=C(O)c2ccccc21. The molecule has 1 aliphatic carbocycles. The van der Waals surface area contributed by atoms with E-state index in [1.54, 1.807) is 12.1 Å². The summed E-state index contributed by atoms with van der Waals surface area (Å²) in [5.41, 5.74) is 0.816. The summed E-state index contributed by atoms with van der Waals surface area (Å²) in [6.45, 7) is 8.21. The van der Waals surface area contributed by atoms with Crippen molar-refractivity contribution in [2.24, 2.45) is 14.8 Å². The first kappa shape index (κ1) is 26.1. The lowest BCUT2D eigenvalue weighted by atomic mass is 9.65. The number of benzene rings is 2. The quantitative estimate of drug-likeness (QED) is 0.551. The molecule has 192 valence electrons. The van der Waals surface area contributed by atoms with Gasteiger partial charge in [-0.3, -0.25) is 9.52 Å². The number of carbonyl (C=O) groups excluding carboxylic acids is 1. The van der Waals surface area contributed by atoms with E-state index in [0.717, 1.165) is 18.2 Å². The van der Waals surface area contributed by atoms with Crippen LogP contribution < -0.4 is 4.72 Å². The molecule has 0 bridgehead atoms. The number of aliphatic hydroxyl groups is 1. The molecule has 10 heteroatoms. The van der Waals surface area contributed by atoms with Crippen molar-refractivity contribution in [1.82, 2.24) is 0 Å². The minimum atomic E-state index is -3.54. The summed E-state index contributed by atoms with van der Waals surface area (Å²) in [6.07, 6.45) is 3.75. The van der Waals surface area contributed by atoms with Gasteiger partial charge in [0.1, 0.15) is 11.3 Å². The molecule has 1 aliphatic heterocycles. The van der Waals surface area contributed by atoms with Gasteiger partial charge in [-0.05, 0) is 48.9 Å². The van der Waals surface area contributed by atoms with Gasteiger partial charge in [-0.25, -0.2) is 17.6 Å². The van der Waals surface area contributed by atoms with Gasteiger partial charge in [0.2, 0.25) is 10.0 Å². The molecule has 0 amide bonds. The number of aliphatic hydroxyl groups excluding tert-OH is 1. The fourth-order valence-corrected chi connectivity index (χ4v) is 6.49. The molecule has 4 rings (SSSR count). The molecule has 2 N–H and O–H groups in total. The number of Topliss-reactive ketones (excluding diaryl/α,β-unsaturated/α-hetero) is 1. The number of anilines is 1. The standard InChI is InChI=1S/C26H31N3O5S2/c1-25(2,3)13-14-26(4)18-10-8-7-9-17(18)22(30)21(23(26)31)24-27-19-12-11-16(28-36(6,33)34)15-20(19)35(5,32)29-24/h7-12,15,28,30H,13-14H2,1-6H3/t26-,35-/m1/s1. The Morgan fingerprint density at radius 2 is 1.81 bits per heavy atom. The number of sulfonamides is 1. The van der Waals surface area contributed by atoms with Gasteiger partial charge >= 0.3 is 0 Å². The van der Waals surface area contributed by atoms with E-state index in [2.05, 4.69) is 34.8 Å². The van der Waals surface area contributed by atoms with Crippen LogP contribution in [-0.4, -0.2) is 41.9 Å². The average molecular weight is 530 g/mol. The van der Waals surface area contributed by atoms with Gasteiger partial charge < -0.3 is 5.11 Å². The average Bonchev–Trinajstić information content (AvgIpc) is 2.75. The molecular formula is C26H31N3O5S2. The Bertz CT molecular complexity index is 1570. The van der Waals surface area contributed by atoms with Crippen LogP contribution in [0.4, 0.5) is 11.4 Å². The number of nitrogens with zero attached hydrogens (tertiary/aromatic N) is 2. The van der Waals surface area contributed by atoms with Crippen molar-refractivity contribution in [3.05, 3.63) is 59.2 Å². The highest BCUT2D eigenvalue weighted by atomic mass is 32.2. The number of fused-ring (bicyclic) bond motifs is 2. The number of aliphatic imine (C=N–C) groups is 1. The van der Waals surface area contributed by atoms with Crippen molar-refractivity contribution in [3.8, 4) is 0 Å². The number of carbonyl (C=O) groups is 1. The first-order valence-corrected chi connectivity index (χ1v) is 15.3. The second kappa shape index (κ2) is 8.55. The highest BCUT2D eigenvalue weighted by Gasteiger charge is 2.46. The van der Waals surface area contributed by atoms with Crippen LogP contribution in [0, 0.1) is 5.41 Å². The van der Waals surface area contributed by atoms with Crippen LogP contribution in [0.15, 0.2) is 62.3 Å². The van der Waals surface area contributed by atoms with Crippen molar-refractivity contribution < 1.29 is 22.5 Å². The molecule has 2 aromatic carbocycles. The van der Waals surface area contributed by atoms with Gasteiger partial charge in [0.05, 0.1) is 32.0 Å². The molecule has 2 atom stereocenters. The van der Waals surface area contributed by atoms with Crippen LogP contribution >= 0.6 is 0 Å². The number of amidine groups is 1. The zero-order valence-electron chi connectivity index (χ0n) is 21.2. The normalized spacial score (nSPS) is 23.9. The maximum atomic E-state index is 14.0. The Kier molecular flexibility index (Phi) is 6.20. The Balaban J connectivity index is 1.89. The minimum Gasteiger partial charge on any atom is -0.506 e. The smallest absolute Gasteiger partial charge is 0.229 e. The highest BCUT2D eigenvalue weighted by molar-refractivity contribution is 7.93. The lowest BCUT2D eigenvalue weighted by Gasteiger charge is -2.37. The summed E-state index contributed by atoms with van der Waals surface area (Å²) in [4.78, 5) is 18.8. The number of ketones is 1. The number of rotatable bonds is 5. The third-order valence-corrected chi connectivity index (χ3v) is 8.77. The first-order valence-electron chi connectivity index (χ1n) is 11.5. The van der Waals surface area contributed by atoms with Gasteiger partial charge in [0.15, 0.2) is 11.6 Å². The van der Waals surface area contributed by atoms with Crippen molar-refractivity contribution in [3.63, 3.8) is 0 Å². The van der Waals surface area contributed by atoms with Crippen LogP contribution in [0.25, 0.3) is 5.76 Å². The Morgan fingerprint density at radius 3 is 2.44 bits per heavy atom. The molecule has 0 saturated heterocycles. The molecule has 0 unspecified atom stereocenters. The Labute approximate surface area is 212 Å². The predicted octanol–water partition coefficient (Wildman–Crippen LogP) is 5.19. The summed E-state index contributed by atoms with van der Waals surface area (Å²) < 4.78 is 43.6. The summed E-state index contributed by atoms with van der Waals surface area (Å²) in [5, 5.41) is 11.2. The van der Waals surface area contributed by atoms with Crippen molar-refractivity contribution in [2.75, 3.05) is 17.2 Å². The van der Waals surface area contributed by atoms with Gasteiger partial charge in [0.25, 0.3) is 0 Å². The van der Waals surface area contributed by atoms with E-state index >= 15 is 0 Å². The number of nitrogens with one attached hydrogen (secondary N) is 1. The highest BCUT2D eigenvalue weighted by Crippen LogP contribution is 2.45. The zero-order chi connectivity index (χ0) is 26.7. The zero-order valence-corrected chi connectivity index (χ0v) is 22.9. The molecular weight excluding hydrogens is 498 g/mol. The van der Waals surface area contributed by atoms with Crippen LogP contribution in [0.3, 0.4) is 0 Å². The van der Waals surface area contributed by atoms with Crippen molar-refractivity contribution in [2.45, 2.75) is 50.8 Å². The summed E-state index contributed by atoms with van der Waals surface area (Å²) in [7, 11) is -6.64. The summed E-state index contributed by atoms with van der Waals surface area (Å²) >= 11 is 0. The summed E-state index contributed by atoms with van der Waals surface area (Å²) in [6, 6.07) is 11.7. The summed E-state index contributed by atoms with van der Waals surface area (Å²) in [5.74, 6) is -0.641. The molecule has 2 aromatic rings. The molecule has 2 aliphatic rings. The molecule has 8 nitrogen and oxygen atoms in total. The first-order chi connectivity index (χ1) is 16.5. The lowest BCUT2D eigenvalue weighted by Crippen LogP contribution is -2.41. The molecule has 0 saturated carbocycles. The molecule has 36 heavy (non-hydrogen) atoms. The van der Waals surface area contributed by atoms with Crippen LogP contribution in [0.1, 0.15) is 51.7 Å². The van der Waals surface area contributed by atoms with E-state index in [9.17, 15) is 22.5 Å². The Hall–Kier alpha value is -2.98. The number of hydrogen-bond acceptors (Lipinski definition) is 7. The van der Waals surface area contributed by atoms with E-state index in [0.29, 0.717) is 17.7 Å². The van der Waals surface area contributed by atoms with Gasteiger partial charge in [-0.1, -0.05) is 45.0 Å². The van der Waals surface area contributed by atoms with E-state index < -0.39 is 25.2 Å². The predicted molar refractivity (Wildman–Crippen MR) is 144 cm³/mol. The molecule has 0 spiro atoms. The maximum absolute atomic E-state index is 14.0. The molecule has 1 heterocycles. The van der Waals surface area contributed by atoms with Crippen LogP contribution in [0.2, 0.25) is 0 Å². The molecule has 0 fully saturated rings. The molecule has 0 radical (unpaired) electrons. The minimum absolute atomic E-state index is 0.0112. The largest absolute Gasteiger partial charge is 0.506 e. The molecule has 0 aromatic heterocycles. The van der Waals surface area contributed by atoms with Crippen LogP contribution in [-0.2, 0) is 30.0 Å². The number of hydrogen-bond donors (Lipinski definition) is 2. The van der Waals surface area contributed by atoms with Crippen molar-refractivity contribution in [1.29, 1.82) is 0 Å². The third kappa shape index (κ3) is 4.84. The van der Waals surface area contributed by atoms with Crippen LogP contribution in [0.5, 0.6) is 0 Å². The fraction of sp³-hybridized carbons (Fsp3) is 0.385. The maximum Gasteiger partial charge on any atom is 0.229 e. The third-order valence-electron chi connectivity index (χ3n) is 6.50. The van der Waals surface area contributed by atoms with Gasteiger partial charge in [0, 0.05) is 17.5 Å². The Morgan fingerprint density at radius 1 is 1.14 bits per heavy atom. The van der Waals surface area contributed by atoms with E-state index in [1.165, 1.54) is 24.5 Å². The second-order valence-corrected chi connectivity index (χ2v) is 14.9.